The van der Waals surface area contributed by atoms with Crippen LogP contribution in [0.2, 0.25) is 0 Å². The summed E-state index contributed by atoms with van der Waals surface area (Å²) in [7, 11) is 2.04. The van der Waals surface area contributed by atoms with Crippen molar-refractivity contribution in [2.24, 2.45) is 0 Å². The number of fused-ring (bicyclic) bond motifs is 3. The van der Waals surface area contributed by atoms with Gasteiger partial charge >= 0.3 is 0 Å². The van der Waals surface area contributed by atoms with E-state index < -0.39 is 0 Å². The van der Waals surface area contributed by atoms with Crippen LogP contribution in [0.3, 0.4) is 0 Å². The lowest BCUT2D eigenvalue weighted by atomic mass is 9.89. The third-order valence-corrected chi connectivity index (χ3v) is 6.22. The number of benzene rings is 2. The van der Waals surface area contributed by atoms with E-state index >= 15 is 4.39 Å². The van der Waals surface area contributed by atoms with Crippen molar-refractivity contribution in [2.45, 2.75) is 25.0 Å². The third-order valence-electron chi connectivity index (χ3n) is 6.22. The van der Waals surface area contributed by atoms with Crippen molar-refractivity contribution in [2.75, 3.05) is 25.0 Å². The normalized spacial score (nSPS) is 20.0. The summed E-state index contributed by atoms with van der Waals surface area (Å²) in [5.41, 5.74) is 3.01. The second-order valence-electron chi connectivity index (χ2n) is 7.98. The smallest absolute Gasteiger partial charge is 0.258 e. The number of piperidine rings is 1. The third kappa shape index (κ3) is 3.27. The Morgan fingerprint density at radius 2 is 1.97 bits per heavy atom. The van der Waals surface area contributed by atoms with Gasteiger partial charge in [0.15, 0.2) is 0 Å². The molecule has 1 saturated heterocycles. The Labute approximate surface area is 174 Å². The van der Waals surface area contributed by atoms with Gasteiger partial charge in [-0.2, -0.15) is 0 Å². The standard InChI is InChI=1S/C24H24FN3O2/c1-27-21-13-22(20(25)12-19(21)18-7-9-26-14-23(18)27)28-10-8-17(11-24(28)29)30-15-16-5-3-2-4-6-16/h2-6,8,10-13,18,23,26H,7,9,14-15H2,1H3. The van der Waals surface area contributed by atoms with Gasteiger partial charge in [0.1, 0.15) is 18.2 Å². The Morgan fingerprint density at radius 3 is 2.77 bits per heavy atom. The molecule has 1 N–H and O–H groups in total. The van der Waals surface area contributed by atoms with Gasteiger partial charge in [-0.15, -0.1) is 0 Å². The molecule has 154 valence electrons. The van der Waals surface area contributed by atoms with Crippen LogP contribution in [0.1, 0.15) is 23.5 Å². The van der Waals surface area contributed by atoms with E-state index in [1.807, 2.05) is 37.4 Å². The van der Waals surface area contributed by atoms with E-state index in [1.165, 1.54) is 10.6 Å². The van der Waals surface area contributed by atoms with Crippen molar-refractivity contribution in [3.63, 3.8) is 0 Å². The molecule has 5 rings (SSSR count). The number of halogens is 1. The molecule has 2 aliphatic rings. The fourth-order valence-electron chi connectivity index (χ4n) is 4.63. The fourth-order valence-corrected chi connectivity index (χ4v) is 4.63. The number of anilines is 1. The molecule has 0 bridgehead atoms. The van der Waals surface area contributed by atoms with Crippen LogP contribution in [0.15, 0.2) is 65.6 Å². The topological polar surface area (TPSA) is 46.5 Å². The highest BCUT2D eigenvalue weighted by molar-refractivity contribution is 5.66. The summed E-state index contributed by atoms with van der Waals surface area (Å²) in [5.74, 6) is 0.428. The number of nitrogens with zero attached hydrogens (tertiary/aromatic N) is 2. The van der Waals surface area contributed by atoms with E-state index in [0.717, 1.165) is 36.3 Å². The Morgan fingerprint density at radius 1 is 1.13 bits per heavy atom. The number of hydrogen-bond donors (Lipinski definition) is 1. The van der Waals surface area contributed by atoms with Gasteiger partial charge in [-0.1, -0.05) is 30.3 Å². The van der Waals surface area contributed by atoms with E-state index in [0.29, 0.717) is 24.3 Å². The molecule has 2 unspecified atom stereocenters. The molecule has 3 heterocycles. The van der Waals surface area contributed by atoms with Gasteiger partial charge in [0.05, 0.1) is 5.69 Å². The summed E-state index contributed by atoms with van der Waals surface area (Å²) in [6.07, 6.45) is 2.57. The molecule has 2 aliphatic heterocycles. The zero-order valence-corrected chi connectivity index (χ0v) is 16.8. The van der Waals surface area contributed by atoms with Crippen molar-refractivity contribution in [1.29, 1.82) is 0 Å². The first-order chi connectivity index (χ1) is 14.6. The minimum Gasteiger partial charge on any atom is -0.489 e. The molecule has 0 saturated carbocycles. The quantitative estimate of drug-likeness (QED) is 0.722. The first-order valence-electron chi connectivity index (χ1n) is 10.3. The van der Waals surface area contributed by atoms with Gasteiger partial charge in [-0.3, -0.25) is 9.36 Å². The molecule has 6 heteroatoms. The van der Waals surface area contributed by atoms with Gasteiger partial charge < -0.3 is 15.0 Å². The Hall–Kier alpha value is -3.12. The highest BCUT2D eigenvalue weighted by atomic mass is 19.1. The van der Waals surface area contributed by atoms with Crippen LogP contribution in [-0.2, 0) is 6.61 Å². The SMILES string of the molecule is CN1c2cc(-n3ccc(OCc4ccccc4)cc3=O)c(F)cc2C2CCNCC21. The molecule has 2 aromatic carbocycles. The van der Waals surface area contributed by atoms with E-state index in [9.17, 15) is 4.79 Å². The summed E-state index contributed by atoms with van der Waals surface area (Å²) in [4.78, 5) is 14.9. The molecule has 0 radical (unpaired) electrons. The highest BCUT2D eigenvalue weighted by Crippen LogP contribution is 2.44. The summed E-state index contributed by atoms with van der Waals surface area (Å²) in [5, 5.41) is 3.42. The number of aromatic nitrogens is 1. The predicted octanol–water partition coefficient (Wildman–Crippen LogP) is 3.45. The van der Waals surface area contributed by atoms with Gasteiger partial charge in [-0.25, -0.2) is 4.39 Å². The lowest BCUT2D eigenvalue weighted by Crippen LogP contribution is -2.44. The van der Waals surface area contributed by atoms with E-state index in [1.54, 1.807) is 24.4 Å². The number of rotatable bonds is 4. The molecule has 1 fully saturated rings. The lowest BCUT2D eigenvalue weighted by Gasteiger charge is -2.31. The number of likely N-dealkylation sites (N-methyl/N-ethyl adjacent to an activating group) is 1. The molecule has 0 amide bonds. The van der Waals surface area contributed by atoms with Crippen LogP contribution in [0, 0.1) is 5.82 Å². The molecular weight excluding hydrogens is 381 g/mol. The van der Waals surface area contributed by atoms with Crippen LogP contribution in [0.25, 0.3) is 5.69 Å². The second-order valence-corrected chi connectivity index (χ2v) is 7.98. The number of pyridine rings is 1. The first kappa shape index (κ1) is 18.9. The van der Waals surface area contributed by atoms with Crippen molar-refractivity contribution in [1.82, 2.24) is 9.88 Å². The van der Waals surface area contributed by atoms with Crippen molar-refractivity contribution in [3.05, 3.63) is 88.1 Å². The minimum absolute atomic E-state index is 0.270. The monoisotopic (exact) mass is 405 g/mol. The average molecular weight is 405 g/mol. The maximum Gasteiger partial charge on any atom is 0.258 e. The molecular formula is C24H24FN3O2. The second kappa shape index (κ2) is 7.61. The molecule has 5 nitrogen and oxygen atoms in total. The van der Waals surface area contributed by atoms with Crippen molar-refractivity contribution >= 4 is 5.69 Å². The molecule has 1 aromatic heterocycles. The zero-order valence-electron chi connectivity index (χ0n) is 16.8. The fraction of sp³-hybridized carbons (Fsp3) is 0.292. The number of nitrogens with one attached hydrogen (secondary N) is 1. The summed E-state index contributed by atoms with van der Waals surface area (Å²) in [6, 6.07) is 16.6. The predicted molar refractivity (Wildman–Crippen MR) is 115 cm³/mol. The molecule has 3 aromatic rings. The average Bonchev–Trinajstić information content (AvgIpc) is 3.04. The van der Waals surface area contributed by atoms with Crippen LogP contribution < -0.4 is 20.5 Å². The maximum atomic E-state index is 15.0. The van der Waals surface area contributed by atoms with E-state index in [4.69, 9.17) is 4.74 Å². The zero-order chi connectivity index (χ0) is 20.7. The Bertz CT molecular complexity index is 1130. The van der Waals surface area contributed by atoms with Crippen LogP contribution in [-0.4, -0.2) is 30.7 Å². The molecule has 30 heavy (non-hydrogen) atoms. The number of ether oxygens (including phenoxy) is 1. The summed E-state index contributed by atoms with van der Waals surface area (Å²) in [6.45, 7) is 2.21. The summed E-state index contributed by atoms with van der Waals surface area (Å²) >= 11 is 0. The molecule has 0 aliphatic carbocycles. The van der Waals surface area contributed by atoms with Gasteiger partial charge in [0.25, 0.3) is 5.56 Å². The van der Waals surface area contributed by atoms with Gasteiger partial charge in [0, 0.05) is 43.5 Å². The van der Waals surface area contributed by atoms with Crippen molar-refractivity contribution in [3.8, 4) is 11.4 Å². The van der Waals surface area contributed by atoms with E-state index in [-0.39, 0.29) is 17.1 Å². The Balaban J connectivity index is 1.43. The highest BCUT2D eigenvalue weighted by Gasteiger charge is 2.38. The van der Waals surface area contributed by atoms with Gasteiger partial charge in [-0.05, 0) is 42.3 Å². The molecule has 0 spiro atoms. The number of hydrogen-bond acceptors (Lipinski definition) is 4. The van der Waals surface area contributed by atoms with E-state index in [2.05, 4.69) is 10.2 Å². The van der Waals surface area contributed by atoms with Crippen LogP contribution >= 0.6 is 0 Å². The first-order valence-corrected chi connectivity index (χ1v) is 10.3. The minimum atomic E-state index is -0.374. The van der Waals surface area contributed by atoms with Crippen LogP contribution in [0.4, 0.5) is 10.1 Å². The maximum absolute atomic E-state index is 15.0. The van der Waals surface area contributed by atoms with Crippen molar-refractivity contribution < 1.29 is 9.13 Å². The van der Waals surface area contributed by atoms with Crippen LogP contribution in [0.5, 0.6) is 5.75 Å². The summed E-state index contributed by atoms with van der Waals surface area (Å²) < 4.78 is 22.1. The van der Waals surface area contributed by atoms with Gasteiger partial charge in [0.2, 0.25) is 0 Å². The lowest BCUT2D eigenvalue weighted by molar-refractivity contribution is 0.305. The largest absolute Gasteiger partial charge is 0.489 e. The molecule has 2 atom stereocenters. The Kier molecular flexibility index (Phi) is 4.79.